The molecule has 1 heterocycles. The highest BCUT2D eigenvalue weighted by molar-refractivity contribution is 5.20. The second kappa shape index (κ2) is 5.87. The van der Waals surface area contributed by atoms with E-state index in [1.807, 2.05) is 0 Å². The molecule has 2 unspecified atom stereocenters. The van der Waals surface area contributed by atoms with Crippen LogP contribution < -0.4 is 5.32 Å². The molecule has 1 aromatic carbocycles. The quantitative estimate of drug-likeness (QED) is 0.877. The molecule has 1 saturated carbocycles. The number of hydrogen-bond donors (Lipinski definition) is 1. The normalized spacial score (nSPS) is 38.0. The fraction of sp³-hybridized carbons (Fsp3) is 0.667. The average Bonchev–Trinajstić information content (AvgIpc) is 2.51. The highest BCUT2D eigenvalue weighted by Gasteiger charge is 2.43. The SMILES string of the molecule is CCC1NCC2(CCC(C)CC2)OC1c1ccccc1. The standard InChI is InChI=1S/C18H27NO/c1-3-16-17(15-7-5-4-6-8-15)20-18(13-19-16)11-9-14(2)10-12-18/h4-8,14,16-17,19H,3,9-13H2,1-2H3. The van der Waals surface area contributed by atoms with E-state index in [2.05, 4.69) is 49.5 Å². The second-order valence-electron chi connectivity index (χ2n) is 6.71. The summed E-state index contributed by atoms with van der Waals surface area (Å²) in [4.78, 5) is 0. The van der Waals surface area contributed by atoms with Gasteiger partial charge in [0.1, 0.15) is 0 Å². The molecule has 0 bridgehead atoms. The molecule has 1 saturated heterocycles. The van der Waals surface area contributed by atoms with Crippen molar-refractivity contribution >= 4 is 0 Å². The van der Waals surface area contributed by atoms with Crippen molar-refractivity contribution < 1.29 is 4.74 Å². The van der Waals surface area contributed by atoms with Crippen molar-refractivity contribution in [2.45, 2.75) is 63.7 Å². The van der Waals surface area contributed by atoms with Crippen molar-refractivity contribution in [3.05, 3.63) is 35.9 Å². The van der Waals surface area contributed by atoms with E-state index in [4.69, 9.17) is 4.74 Å². The first kappa shape index (κ1) is 14.1. The first-order valence-electron chi connectivity index (χ1n) is 8.18. The topological polar surface area (TPSA) is 21.3 Å². The second-order valence-corrected chi connectivity index (χ2v) is 6.71. The Labute approximate surface area is 122 Å². The number of ether oxygens (including phenoxy) is 1. The molecule has 1 aliphatic heterocycles. The van der Waals surface area contributed by atoms with Crippen LogP contribution in [0.25, 0.3) is 0 Å². The van der Waals surface area contributed by atoms with Gasteiger partial charge in [-0.1, -0.05) is 44.2 Å². The molecule has 20 heavy (non-hydrogen) atoms. The number of nitrogens with one attached hydrogen (secondary N) is 1. The lowest BCUT2D eigenvalue weighted by Crippen LogP contribution is -2.56. The van der Waals surface area contributed by atoms with Crippen LogP contribution in [0.4, 0.5) is 0 Å². The summed E-state index contributed by atoms with van der Waals surface area (Å²) in [7, 11) is 0. The molecule has 2 atom stereocenters. The maximum absolute atomic E-state index is 6.69. The van der Waals surface area contributed by atoms with Crippen molar-refractivity contribution in [1.29, 1.82) is 0 Å². The Morgan fingerprint density at radius 3 is 2.55 bits per heavy atom. The van der Waals surface area contributed by atoms with Crippen LogP contribution in [0.3, 0.4) is 0 Å². The summed E-state index contributed by atoms with van der Waals surface area (Å²) in [5, 5.41) is 3.77. The van der Waals surface area contributed by atoms with E-state index in [0.717, 1.165) is 18.9 Å². The zero-order valence-corrected chi connectivity index (χ0v) is 12.8. The zero-order valence-electron chi connectivity index (χ0n) is 12.8. The van der Waals surface area contributed by atoms with E-state index in [-0.39, 0.29) is 11.7 Å². The zero-order chi connectivity index (χ0) is 14.0. The van der Waals surface area contributed by atoms with Crippen molar-refractivity contribution in [3.63, 3.8) is 0 Å². The molecule has 3 rings (SSSR count). The highest BCUT2D eigenvalue weighted by atomic mass is 16.5. The molecule has 1 aliphatic carbocycles. The summed E-state index contributed by atoms with van der Waals surface area (Å²) in [6.45, 7) is 5.64. The van der Waals surface area contributed by atoms with E-state index in [1.54, 1.807) is 0 Å². The smallest absolute Gasteiger partial charge is 0.0985 e. The van der Waals surface area contributed by atoms with Crippen molar-refractivity contribution in [3.8, 4) is 0 Å². The van der Waals surface area contributed by atoms with Crippen LogP contribution >= 0.6 is 0 Å². The molecular formula is C18H27NO. The fourth-order valence-electron chi connectivity index (χ4n) is 3.70. The Morgan fingerprint density at radius 2 is 1.90 bits per heavy atom. The van der Waals surface area contributed by atoms with E-state index in [1.165, 1.54) is 31.2 Å². The minimum Gasteiger partial charge on any atom is -0.364 e. The van der Waals surface area contributed by atoms with Gasteiger partial charge in [-0.15, -0.1) is 0 Å². The van der Waals surface area contributed by atoms with Crippen LogP contribution in [0.1, 0.15) is 57.6 Å². The molecule has 0 aromatic heterocycles. The van der Waals surface area contributed by atoms with Crippen molar-refractivity contribution in [2.24, 2.45) is 5.92 Å². The largest absolute Gasteiger partial charge is 0.364 e. The molecule has 0 amide bonds. The summed E-state index contributed by atoms with van der Waals surface area (Å²) in [6.07, 6.45) is 6.36. The monoisotopic (exact) mass is 273 g/mol. The molecule has 2 fully saturated rings. The van der Waals surface area contributed by atoms with Gasteiger partial charge in [0.15, 0.2) is 0 Å². The van der Waals surface area contributed by atoms with E-state index >= 15 is 0 Å². The van der Waals surface area contributed by atoms with Gasteiger partial charge in [0.05, 0.1) is 11.7 Å². The van der Waals surface area contributed by atoms with Gasteiger partial charge in [-0.25, -0.2) is 0 Å². The summed E-state index contributed by atoms with van der Waals surface area (Å²) >= 11 is 0. The van der Waals surface area contributed by atoms with Gasteiger partial charge < -0.3 is 10.1 Å². The van der Waals surface area contributed by atoms with Crippen LogP contribution in [0.15, 0.2) is 30.3 Å². The number of rotatable bonds is 2. The van der Waals surface area contributed by atoms with Crippen LogP contribution in [0.2, 0.25) is 0 Å². The van der Waals surface area contributed by atoms with Crippen molar-refractivity contribution in [2.75, 3.05) is 6.54 Å². The molecule has 110 valence electrons. The molecule has 0 radical (unpaired) electrons. The highest BCUT2D eigenvalue weighted by Crippen LogP contribution is 2.41. The minimum atomic E-state index is 0.0820. The van der Waals surface area contributed by atoms with Crippen molar-refractivity contribution in [1.82, 2.24) is 5.32 Å². The van der Waals surface area contributed by atoms with Gasteiger partial charge in [0, 0.05) is 12.6 Å². The van der Waals surface area contributed by atoms with E-state index in [0.29, 0.717) is 6.04 Å². The number of benzene rings is 1. The maximum Gasteiger partial charge on any atom is 0.0985 e. The molecular weight excluding hydrogens is 246 g/mol. The number of hydrogen-bond acceptors (Lipinski definition) is 2. The van der Waals surface area contributed by atoms with Crippen LogP contribution in [-0.4, -0.2) is 18.2 Å². The number of morpholine rings is 1. The molecule has 2 nitrogen and oxygen atoms in total. The third kappa shape index (κ3) is 2.77. The Hall–Kier alpha value is -0.860. The summed E-state index contributed by atoms with van der Waals surface area (Å²) < 4.78 is 6.69. The Morgan fingerprint density at radius 1 is 1.20 bits per heavy atom. The van der Waals surface area contributed by atoms with Crippen LogP contribution in [0, 0.1) is 5.92 Å². The third-order valence-corrected chi connectivity index (χ3v) is 5.18. The first-order chi connectivity index (χ1) is 9.72. The Bertz CT molecular complexity index is 422. The predicted octanol–water partition coefficient (Wildman–Crippen LogP) is 4.08. The first-order valence-corrected chi connectivity index (χ1v) is 8.18. The van der Waals surface area contributed by atoms with E-state index in [9.17, 15) is 0 Å². The lowest BCUT2D eigenvalue weighted by Gasteiger charge is -2.48. The predicted molar refractivity (Wildman–Crippen MR) is 82.7 cm³/mol. The van der Waals surface area contributed by atoms with Gasteiger partial charge >= 0.3 is 0 Å². The Kier molecular flexibility index (Phi) is 4.13. The van der Waals surface area contributed by atoms with E-state index < -0.39 is 0 Å². The van der Waals surface area contributed by atoms with Gasteiger partial charge in [-0.2, -0.15) is 0 Å². The van der Waals surface area contributed by atoms with Crippen LogP contribution in [-0.2, 0) is 4.74 Å². The fourth-order valence-corrected chi connectivity index (χ4v) is 3.70. The maximum atomic E-state index is 6.69. The average molecular weight is 273 g/mol. The molecule has 1 aromatic rings. The summed E-state index contributed by atoms with van der Waals surface area (Å²) in [5.74, 6) is 0.864. The lowest BCUT2D eigenvalue weighted by molar-refractivity contribution is -0.158. The lowest BCUT2D eigenvalue weighted by atomic mass is 9.77. The Balaban J connectivity index is 1.79. The molecule has 2 heteroatoms. The van der Waals surface area contributed by atoms with Gasteiger partial charge in [0.2, 0.25) is 0 Å². The summed E-state index contributed by atoms with van der Waals surface area (Å²) in [6, 6.07) is 11.2. The van der Waals surface area contributed by atoms with Gasteiger partial charge in [-0.3, -0.25) is 0 Å². The third-order valence-electron chi connectivity index (χ3n) is 5.18. The molecule has 1 N–H and O–H groups in total. The van der Waals surface area contributed by atoms with Gasteiger partial charge in [0.25, 0.3) is 0 Å². The summed E-state index contributed by atoms with van der Waals surface area (Å²) in [5.41, 5.74) is 1.41. The van der Waals surface area contributed by atoms with Crippen LogP contribution in [0.5, 0.6) is 0 Å². The molecule has 1 spiro atoms. The van der Waals surface area contributed by atoms with Gasteiger partial charge in [-0.05, 0) is 43.6 Å². The minimum absolute atomic E-state index is 0.0820. The molecule has 2 aliphatic rings.